The number of ether oxygens (including phenoxy) is 3. The highest BCUT2D eigenvalue weighted by atomic mass is 16.6. The van der Waals surface area contributed by atoms with Crippen molar-refractivity contribution in [1.29, 1.82) is 0 Å². The van der Waals surface area contributed by atoms with Crippen LogP contribution in [-0.2, 0) is 14.3 Å². The van der Waals surface area contributed by atoms with Crippen LogP contribution in [0.15, 0.2) is 22.7 Å². The number of aromatic nitrogens is 1. The smallest absolute Gasteiger partial charge is 0.378 e. The van der Waals surface area contributed by atoms with Gasteiger partial charge in [-0.3, -0.25) is 0 Å². The maximum Gasteiger partial charge on any atom is 0.378 e. The number of carbonyl (C=O) groups excluding carboxylic acids is 2. The van der Waals surface area contributed by atoms with Crippen molar-refractivity contribution in [3.05, 3.63) is 24.1 Å². The van der Waals surface area contributed by atoms with Crippen LogP contribution in [0, 0.1) is 0 Å². The maximum atomic E-state index is 11.9. The lowest BCUT2D eigenvalue weighted by Crippen LogP contribution is -2.15. The molecule has 0 spiro atoms. The molecule has 2 heterocycles. The Morgan fingerprint density at radius 2 is 2.00 bits per heavy atom. The molecule has 0 atom stereocenters. The van der Waals surface area contributed by atoms with Crippen LogP contribution < -0.4 is 4.74 Å². The third kappa shape index (κ3) is 3.31. The molecule has 0 N–H and O–H groups in total. The fourth-order valence-corrected chi connectivity index (χ4v) is 1.72. The minimum atomic E-state index is -0.672. The summed E-state index contributed by atoms with van der Waals surface area (Å²) in [6.07, 6.45) is 1.52. The summed E-state index contributed by atoms with van der Waals surface area (Å²) in [7, 11) is 0. The number of carbonyl (C=O) groups is 2. The Kier molecular flexibility index (Phi) is 4.76. The van der Waals surface area contributed by atoms with E-state index >= 15 is 0 Å². The van der Waals surface area contributed by atoms with Crippen LogP contribution in [0.2, 0.25) is 0 Å². The number of esters is 2. The Balaban J connectivity index is 2.31. The van der Waals surface area contributed by atoms with Gasteiger partial charge in [-0.05, 0) is 26.0 Å². The molecule has 2 aromatic rings. The molecule has 0 saturated carbocycles. The molecular formula is C14H15NO6. The van der Waals surface area contributed by atoms with Crippen molar-refractivity contribution < 1.29 is 28.2 Å². The molecule has 112 valence electrons. The number of hydrogen-bond acceptors (Lipinski definition) is 7. The molecular weight excluding hydrogens is 278 g/mol. The average molecular weight is 293 g/mol. The summed E-state index contributed by atoms with van der Waals surface area (Å²) in [5, 5.41) is 0.491. The SMILES string of the molecule is CCOC(=O)COc1c(C(=O)OCC)oc2ncccc12. The zero-order chi connectivity index (χ0) is 15.2. The van der Waals surface area contributed by atoms with E-state index in [9.17, 15) is 9.59 Å². The van der Waals surface area contributed by atoms with Gasteiger partial charge in [0.1, 0.15) is 0 Å². The van der Waals surface area contributed by atoms with Gasteiger partial charge < -0.3 is 18.6 Å². The molecule has 0 bridgehead atoms. The summed E-state index contributed by atoms with van der Waals surface area (Å²) in [4.78, 5) is 27.2. The average Bonchev–Trinajstić information content (AvgIpc) is 2.84. The standard InChI is InChI=1S/C14H15NO6/c1-3-18-10(16)8-20-11-9-6-5-7-15-13(9)21-12(11)14(17)19-4-2/h5-7H,3-4,8H2,1-2H3. The van der Waals surface area contributed by atoms with E-state index < -0.39 is 11.9 Å². The minimum absolute atomic E-state index is 0.116. The van der Waals surface area contributed by atoms with Crippen LogP contribution in [0.5, 0.6) is 5.75 Å². The van der Waals surface area contributed by atoms with E-state index in [4.69, 9.17) is 18.6 Å². The predicted molar refractivity (Wildman–Crippen MR) is 72.1 cm³/mol. The Morgan fingerprint density at radius 1 is 1.24 bits per heavy atom. The number of hydrogen-bond donors (Lipinski definition) is 0. The zero-order valence-corrected chi connectivity index (χ0v) is 11.8. The molecule has 0 unspecified atom stereocenters. The predicted octanol–water partition coefficient (Wildman–Crippen LogP) is 1.95. The van der Waals surface area contributed by atoms with Crippen molar-refractivity contribution in [3.8, 4) is 5.75 Å². The van der Waals surface area contributed by atoms with Crippen molar-refractivity contribution in [2.24, 2.45) is 0 Å². The fourth-order valence-electron chi connectivity index (χ4n) is 1.72. The molecule has 0 saturated heterocycles. The van der Waals surface area contributed by atoms with Gasteiger partial charge in [-0.2, -0.15) is 0 Å². The molecule has 7 nitrogen and oxygen atoms in total. The van der Waals surface area contributed by atoms with Gasteiger partial charge in [-0.1, -0.05) is 0 Å². The zero-order valence-electron chi connectivity index (χ0n) is 11.8. The van der Waals surface area contributed by atoms with Gasteiger partial charge in [-0.15, -0.1) is 0 Å². The van der Waals surface area contributed by atoms with Crippen LogP contribution in [0.3, 0.4) is 0 Å². The third-order valence-electron chi connectivity index (χ3n) is 2.52. The normalized spacial score (nSPS) is 10.4. The van der Waals surface area contributed by atoms with Gasteiger partial charge in [-0.25, -0.2) is 14.6 Å². The van der Waals surface area contributed by atoms with E-state index in [0.717, 1.165) is 0 Å². The fraction of sp³-hybridized carbons (Fsp3) is 0.357. The molecule has 2 aromatic heterocycles. The van der Waals surface area contributed by atoms with Crippen molar-refractivity contribution in [2.45, 2.75) is 13.8 Å². The summed E-state index contributed by atoms with van der Waals surface area (Å²) >= 11 is 0. The first-order chi connectivity index (χ1) is 10.2. The minimum Gasteiger partial charge on any atom is -0.477 e. The largest absolute Gasteiger partial charge is 0.477 e. The molecule has 0 fully saturated rings. The van der Waals surface area contributed by atoms with Gasteiger partial charge in [0.05, 0.1) is 18.6 Å². The van der Waals surface area contributed by atoms with Crippen molar-refractivity contribution in [2.75, 3.05) is 19.8 Å². The second-order valence-corrected chi connectivity index (χ2v) is 3.93. The van der Waals surface area contributed by atoms with Crippen LogP contribution >= 0.6 is 0 Å². The van der Waals surface area contributed by atoms with Crippen molar-refractivity contribution >= 4 is 23.0 Å². The third-order valence-corrected chi connectivity index (χ3v) is 2.52. The second-order valence-electron chi connectivity index (χ2n) is 3.93. The van der Waals surface area contributed by atoms with Gasteiger partial charge in [0.25, 0.3) is 5.76 Å². The number of nitrogens with zero attached hydrogens (tertiary/aromatic N) is 1. The molecule has 2 rings (SSSR count). The van der Waals surface area contributed by atoms with Crippen LogP contribution in [0.25, 0.3) is 11.1 Å². The first-order valence-electron chi connectivity index (χ1n) is 6.50. The molecule has 0 radical (unpaired) electrons. The van der Waals surface area contributed by atoms with Crippen LogP contribution in [0.4, 0.5) is 0 Å². The second kappa shape index (κ2) is 6.74. The van der Waals surface area contributed by atoms with E-state index in [2.05, 4.69) is 4.98 Å². The Morgan fingerprint density at radius 3 is 2.71 bits per heavy atom. The maximum absolute atomic E-state index is 11.9. The summed E-state index contributed by atoms with van der Waals surface area (Å²) in [6, 6.07) is 3.35. The van der Waals surface area contributed by atoms with E-state index in [0.29, 0.717) is 5.39 Å². The molecule has 0 aliphatic carbocycles. The monoisotopic (exact) mass is 293 g/mol. The lowest BCUT2D eigenvalue weighted by molar-refractivity contribution is -0.145. The van der Waals surface area contributed by atoms with Crippen molar-refractivity contribution in [1.82, 2.24) is 4.98 Å². The van der Waals surface area contributed by atoms with Crippen LogP contribution in [0.1, 0.15) is 24.4 Å². The van der Waals surface area contributed by atoms with Crippen molar-refractivity contribution in [3.63, 3.8) is 0 Å². The molecule has 0 aliphatic heterocycles. The van der Waals surface area contributed by atoms with Gasteiger partial charge >= 0.3 is 11.9 Å². The summed E-state index contributed by atoms with van der Waals surface area (Å²) in [5.74, 6) is -1.20. The molecule has 0 aliphatic rings. The highest BCUT2D eigenvalue weighted by Crippen LogP contribution is 2.32. The van der Waals surface area contributed by atoms with E-state index in [1.54, 1.807) is 26.0 Å². The first-order valence-corrected chi connectivity index (χ1v) is 6.50. The van der Waals surface area contributed by atoms with Gasteiger partial charge in [0, 0.05) is 6.20 Å². The number of furan rings is 1. The summed E-state index contributed by atoms with van der Waals surface area (Å²) < 4.78 is 20.4. The van der Waals surface area contributed by atoms with Crippen LogP contribution in [-0.4, -0.2) is 36.7 Å². The summed E-state index contributed by atoms with van der Waals surface area (Å²) in [6.45, 7) is 3.49. The molecule has 0 amide bonds. The molecule has 0 aromatic carbocycles. The van der Waals surface area contributed by atoms with Gasteiger partial charge in [0.2, 0.25) is 5.71 Å². The number of rotatable bonds is 6. The van der Waals surface area contributed by atoms with E-state index in [1.165, 1.54) is 6.20 Å². The highest BCUT2D eigenvalue weighted by Gasteiger charge is 2.24. The summed E-state index contributed by atoms with van der Waals surface area (Å²) in [5.41, 5.74) is 0.236. The highest BCUT2D eigenvalue weighted by molar-refractivity contribution is 5.97. The Hall–Kier alpha value is -2.57. The Labute approximate surface area is 120 Å². The van der Waals surface area contributed by atoms with E-state index in [-0.39, 0.29) is 37.0 Å². The Bertz CT molecular complexity index is 648. The quantitative estimate of drug-likeness (QED) is 0.752. The van der Waals surface area contributed by atoms with E-state index in [1.807, 2.05) is 0 Å². The first kappa shape index (κ1) is 14.8. The lowest BCUT2D eigenvalue weighted by atomic mass is 10.3. The number of fused-ring (bicyclic) bond motifs is 1. The topological polar surface area (TPSA) is 87.9 Å². The van der Waals surface area contributed by atoms with Gasteiger partial charge in [0.15, 0.2) is 12.4 Å². The number of pyridine rings is 1. The molecule has 7 heteroatoms. The lowest BCUT2D eigenvalue weighted by Gasteiger charge is -2.06. The molecule has 21 heavy (non-hydrogen) atoms.